The first-order valence-electron chi connectivity index (χ1n) is 6.68. The molecular weight excluding hydrogens is 255 g/mol. The summed E-state index contributed by atoms with van der Waals surface area (Å²) in [6, 6.07) is 14.4. The van der Waals surface area contributed by atoms with E-state index in [9.17, 15) is 4.39 Å². The normalized spacial score (nSPS) is 16.8. The number of likely N-dealkylation sites (N-methyl/N-ethyl adjacent to an activating group) is 1. The van der Waals surface area contributed by atoms with E-state index in [4.69, 9.17) is 4.74 Å². The first-order chi connectivity index (χ1) is 9.72. The number of nitrogens with zero attached hydrogens (tertiary/aromatic N) is 1. The maximum Gasteiger partial charge on any atom is 0.143 e. The van der Waals surface area contributed by atoms with Crippen molar-refractivity contribution in [3.05, 3.63) is 54.3 Å². The van der Waals surface area contributed by atoms with E-state index in [0.717, 1.165) is 30.2 Å². The van der Waals surface area contributed by atoms with E-state index in [-0.39, 0.29) is 11.9 Å². The van der Waals surface area contributed by atoms with Gasteiger partial charge in [0, 0.05) is 12.7 Å². The molecule has 0 aliphatic carbocycles. The molecule has 20 heavy (non-hydrogen) atoms. The van der Waals surface area contributed by atoms with Crippen LogP contribution in [0.5, 0.6) is 5.75 Å². The maximum absolute atomic E-state index is 12.9. The topological polar surface area (TPSA) is 24.5 Å². The fraction of sp³-hybridized carbons (Fsp3) is 0.250. The summed E-state index contributed by atoms with van der Waals surface area (Å²) in [6.45, 7) is 1.51. The highest BCUT2D eigenvalue weighted by Gasteiger charge is 2.20. The van der Waals surface area contributed by atoms with E-state index in [2.05, 4.69) is 10.2 Å². The third kappa shape index (κ3) is 2.69. The Balaban J connectivity index is 1.66. The molecule has 2 aromatic rings. The van der Waals surface area contributed by atoms with Crippen molar-refractivity contribution < 1.29 is 9.13 Å². The second kappa shape index (κ2) is 5.41. The molecule has 1 atom stereocenters. The van der Waals surface area contributed by atoms with Crippen LogP contribution in [0.1, 0.15) is 0 Å². The van der Waals surface area contributed by atoms with Gasteiger partial charge in [-0.05, 0) is 36.4 Å². The highest BCUT2D eigenvalue weighted by Crippen LogP contribution is 2.28. The number of para-hydroxylation sites is 2. The van der Waals surface area contributed by atoms with Crippen molar-refractivity contribution in [1.29, 1.82) is 0 Å². The van der Waals surface area contributed by atoms with Gasteiger partial charge in [-0.3, -0.25) is 0 Å². The fourth-order valence-corrected chi connectivity index (χ4v) is 2.37. The average Bonchev–Trinajstić information content (AvgIpc) is 2.48. The first-order valence-corrected chi connectivity index (χ1v) is 6.68. The minimum absolute atomic E-state index is 0.0694. The molecule has 0 fully saturated rings. The minimum atomic E-state index is -0.216. The zero-order chi connectivity index (χ0) is 13.9. The second-order valence-corrected chi connectivity index (χ2v) is 4.97. The van der Waals surface area contributed by atoms with E-state index in [0.29, 0.717) is 0 Å². The van der Waals surface area contributed by atoms with Crippen LogP contribution in [0.4, 0.5) is 15.8 Å². The maximum atomic E-state index is 12.9. The Kier molecular flexibility index (Phi) is 3.46. The van der Waals surface area contributed by atoms with E-state index in [1.807, 2.05) is 31.3 Å². The number of benzene rings is 2. The molecule has 2 aromatic carbocycles. The number of halogens is 1. The van der Waals surface area contributed by atoms with Gasteiger partial charge in [-0.1, -0.05) is 12.1 Å². The molecule has 0 saturated heterocycles. The summed E-state index contributed by atoms with van der Waals surface area (Å²) < 4.78 is 18.9. The zero-order valence-corrected chi connectivity index (χ0v) is 11.3. The smallest absolute Gasteiger partial charge is 0.143 e. The average molecular weight is 272 g/mol. The Morgan fingerprint density at radius 3 is 2.75 bits per heavy atom. The van der Waals surface area contributed by atoms with Gasteiger partial charge < -0.3 is 15.0 Å². The minimum Gasteiger partial charge on any atom is -0.485 e. The van der Waals surface area contributed by atoms with Gasteiger partial charge in [0.15, 0.2) is 0 Å². The summed E-state index contributed by atoms with van der Waals surface area (Å²) in [5.41, 5.74) is 2.02. The van der Waals surface area contributed by atoms with Crippen LogP contribution >= 0.6 is 0 Å². The van der Waals surface area contributed by atoms with Crippen molar-refractivity contribution in [2.75, 3.05) is 30.4 Å². The fourth-order valence-electron chi connectivity index (χ4n) is 2.37. The highest BCUT2D eigenvalue weighted by atomic mass is 19.1. The van der Waals surface area contributed by atoms with Crippen molar-refractivity contribution in [1.82, 2.24) is 0 Å². The van der Waals surface area contributed by atoms with Gasteiger partial charge in [0.1, 0.15) is 17.7 Å². The molecule has 104 valence electrons. The van der Waals surface area contributed by atoms with Crippen LogP contribution in [0.3, 0.4) is 0 Å². The van der Waals surface area contributed by atoms with Crippen LogP contribution in [0, 0.1) is 5.82 Å². The van der Waals surface area contributed by atoms with Crippen molar-refractivity contribution >= 4 is 11.4 Å². The Morgan fingerprint density at radius 2 is 1.95 bits per heavy atom. The molecule has 1 N–H and O–H groups in total. The molecule has 1 heterocycles. The predicted molar refractivity (Wildman–Crippen MR) is 79.0 cm³/mol. The number of hydrogen-bond donors (Lipinski definition) is 1. The third-order valence-corrected chi connectivity index (χ3v) is 3.45. The second-order valence-electron chi connectivity index (χ2n) is 4.97. The Hall–Kier alpha value is -2.23. The largest absolute Gasteiger partial charge is 0.485 e. The van der Waals surface area contributed by atoms with E-state index < -0.39 is 0 Å². The number of rotatable bonds is 3. The molecule has 4 heteroatoms. The molecule has 0 bridgehead atoms. The number of anilines is 2. The van der Waals surface area contributed by atoms with E-state index >= 15 is 0 Å². The number of ether oxygens (including phenoxy) is 1. The van der Waals surface area contributed by atoms with Gasteiger partial charge in [-0.25, -0.2) is 4.39 Å². The lowest BCUT2D eigenvalue weighted by atomic mass is 10.2. The van der Waals surface area contributed by atoms with Gasteiger partial charge in [0.05, 0.1) is 18.8 Å². The molecule has 0 aromatic heterocycles. The van der Waals surface area contributed by atoms with Crippen molar-refractivity contribution in [3.8, 4) is 5.75 Å². The van der Waals surface area contributed by atoms with Gasteiger partial charge in [0.25, 0.3) is 0 Å². The van der Waals surface area contributed by atoms with Crippen molar-refractivity contribution in [2.24, 2.45) is 0 Å². The number of nitrogens with one attached hydrogen (secondary N) is 1. The van der Waals surface area contributed by atoms with E-state index in [1.54, 1.807) is 12.1 Å². The summed E-state index contributed by atoms with van der Waals surface area (Å²) in [7, 11) is 1.98. The number of fused-ring (bicyclic) bond motifs is 1. The summed E-state index contributed by atoms with van der Waals surface area (Å²) in [5.74, 6) is 0.669. The van der Waals surface area contributed by atoms with Crippen LogP contribution in [0.2, 0.25) is 0 Å². The summed E-state index contributed by atoms with van der Waals surface area (Å²) in [4.78, 5) is 2.07. The van der Waals surface area contributed by atoms with Crippen molar-refractivity contribution in [2.45, 2.75) is 6.10 Å². The monoisotopic (exact) mass is 272 g/mol. The van der Waals surface area contributed by atoms with E-state index in [1.165, 1.54) is 12.1 Å². The lowest BCUT2D eigenvalue weighted by molar-refractivity contribution is 0.212. The summed E-state index contributed by atoms with van der Waals surface area (Å²) >= 11 is 0. The molecule has 1 aliphatic rings. The summed E-state index contributed by atoms with van der Waals surface area (Å²) in [5, 5.41) is 3.37. The Morgan fingerprint density at radius 1 is 1.20 bits per heavy atom. The number of hydrogen-bond acceptors (Lipinski definition) is 3. The lowest BCUT2D eigenvalue weighted by Crippen LogP contribution is -2.40. The van der Waals surface area contributed by atoms with Gasteiger partial charge in [-0.2, -0.15) is 0 Å². The molecule has 0 spiro atoms. The molecule has 0 amide bonds. The Bertz CT molecular complexity index is 585. The van der Waals surface area contributed by atoms with Crippen LogP contribution in [0.15, 0.2) is 48.5 Å². The SMILES string of the molecule is CN(CC1CNc2ccccc2O1)c1ccc(F)cc1. The van der Waals surface area contributed by atoms with Gasteiger partial charge in [0.2, 0.25) is 0 Å². The van der Waals surface area contributed by atoms with Crippen LogP contribution in [-0.4, -0.2) is 26.2 Å². The van der Waals surface area contributed by atoms with Crippen molar-refractivity contribution in [3.63, 3.8) is 0 Å². The Labute approximate surface area is 118 Å². The van der Waals surface area contributed by atoms with Crippen LogP contribution in [0.25, 0.3) is 0 Å². The molecule has 1 unspecified atom stereocenters. The highest BCUT2D eigenvalue weighted by molar-refractivity contribution is 5.58. The molecular formula is C16H17FN2O. The third-order valence-electron chi connectivity index (χ3n) is 3.45. The zero-order valence-electron chi connectivity index (χ0n) is 11.3. The standard InChI is InChI=1S/C16H17FN2O/c1-19(13-8-6-12(17)7-9-13)11-14-10-18-15-4-2-3-5-16(15)20-14/h2-9,14,18H,10-11H2,1H3. The van der Waals surface area contributed by atoms with Gasteiger partial charge in [-0.15, -0.1) is 0 Å². The molecule has 3 rings (SSSR count). The summed E-state index contributed by atoms with van der Waals surface area (Å²) in [6.07, 6.45) is 0.0694. The quantitative estimate of drug-likeness (QED) is 0.929. The molecule has 3 nitrogen and oxygen atoms in total. The molecule has 0 radical (unpaired) electrons. The lowest BCUT2D eigenvalue weighted by Gasteiger charge is -2.31. The van der Waals surface area contributed by atoms with Gasteiger partial charge >= 0.3 is 0 Å². The predicted octanol–water partition coefficient (Wildman–Crippen LogP) is 3.14. The van der Waals surface area contributed by atoms with Crippen LogP contribution < -0.4 is 15.0 Å². The van der Waals surface area contributed by atoms with Crippen LogP contribution in [-0.2, 0) is 0 Å². The molecule has 0 saturated carbocycles. The first kappa shape index (κ1) is 12.8. The molecule has 1 aliphatic heterocycles.